The molecule has 0 saturated heterocycles. The number of aryl methyl sites for hydroxylation is 2. The molecule has 1 spiro atoms. The third-order valence-electron chi connectivity index (χ3n) is 8.50. The van der Waals surface area contributed by atoms with Gasteiger partial charge in [-0.25, -0.2) is 14.7 Å². The Morgan fingerprint density at radius 3 is 2.50 bits per heavy atom. The van der Waals surface area contributed by atoms with Gasteiger partial charge in [0.2, 0.25) is 11.8 Å². The van der Waals surface area contributed by atoms with Crippen molar-refractivity contribution in [2.75, 3.05) is 11.3 Å². The summed E-state index contributed by atoms with van der Waals surface area (Å²) >= 11 is 0. The highest BCUT2D eigenvalue weighted by Gasteiger charge is 2.56. The molecule has 3 aromatic rings. The number of aromatic nitrogens is 4. The Labute approximate surface area is 224 Å². The number of benzene rings is 1. The summed E-state index contributed by atoms with van der Waals surface area (Å²) in [6.45, 7) is 8.93. The first-order valence-corrected chi connectivity index (χ1v) is 15.0. The Kier molecular flexibility index (Phi) is 6.17. The lowest BCUT2D eigenvalue weighted by Gasteiger charge is -2.44. The number of anilines is 1. The van der Waals surface area contributed by atoms with Crippen LogP contribution in [0.1, 0.15) is 68.7 Å². The molecule has 1 N–H and O–H groups in total. The topological polar surface area (TPSA) is 107 Å². The number of hydrogen-bond acceptors (Lipinski definition) is 7. The van der Waals surface area contributed by atoms with E-state index in [-0.39, 0.29) is 22.8 Å². The van der Waals surface area contributed by atoms with Gasteiger partial charge in [-0.1, -0.05) is 32.0 Å². The second kappa shape index (κ2) is 9.29. The number of nitrogens with one attached hydrogen (secondary N) is 1. The zero-order valence-corrected chi connectivity index (χ0v) is 23.3. The van der Waals surface area contributed by atoms with Crippen molar-refractivity contribution >= 4 is 16.0 Å². The molecule has 200 valence electrons. The van der Waals surface area contributed by atoms with Crippen LogP contribution in [0.25, 0.3) is 11.3 Å². The number of fused-ring (bicyclic) bond motifs is 4. The van der Waals surface area contributed by atoms with Crippen molar-refractivity contribution in [2.24, 2.45) is 23.2 Å². The van der Waals surface area contributed by atoms with Crippen LogP contribution in [-0.4, -0.2) is 35.0 Å². The third-order valence-corrected chi connectivity index (χ3v) is 9.69. The van der Waals surface area contributed by atoms with E-state index in [9.17, 15) is 8.42 Å². The number of ether oxygens (including phenoxy) is 1. The maximum Gasteiger partial charge on any atom is 0.283 e. The molecule has 1 aliphatic heterocycles. The van der Waals surface area contributed by atoms with Crippen LogP contribution >= 0.6 is 0 Å². The predicted octanol–water partition coefficient (Wildman–Crippen LogP) is 5.68. The highest BCUT2D eigenvalue weighted by atomic mass is 32.2. The van der Waals surface area contributed by atoms with Gasteiger partial charge in [-0.3, -0.25) is 4.98 Å². The van der Waals surface area contributed by atoms with Gasteiger partial charge in [-0.15, -0.1) is 0 Å². The molecular formula is C29H35N5O3S. The van der Waals surface area contributed by atoms with E-state index in [4.69, 9.17) is 9.72 Å². The summed E-state index contributed by atoms with van der Waals surface area (Å²) in [6, 6.07) is 7.85. The first-order valence-electron chi connectivity index (χ1n) is 13.6. The van der Waals surface area contributed by atoms with Gasteiger partial charge in [0, 0.05) is 29.7 Å². The summed E-state index contributed by atoms with van der Waals surface area (Å²) in [5.74, 6) is 1.44. The van der Waals surface area contributed by atoms with Crippen molar-refractivity contribution in [1.29, 1.82) is 0 Å². The minimum absolute atomic E-state index is 0.0421. The molecule has 6 rings (SSSR count). The van der Waals surface area contributed by atoms with E-state index in [1.54, 1.807) is 6.20 Å². The molecule has 2 aliphatic carbocycles. The van der Waals surface area contributed by atoms with Gasteiger partial charge in [-0.05, 0) is 74.3 Å². The van der Waals surface area contributed by atoms with Crippen molar-refractivity contribution in [1.82, 2.24) is 19.9 Å². The molecule has 1 aromatic carbocycles. The lowest BCUT2D eigenvalue weighted by molar-refractivity contribution is 0.0787. The van der Waals surface area contributed by atoms with E-state index in [0.29, 0.717) is 35.4 Å². The highest BCUT2D eigenvalue weighted by molar-refractivity contribution is 7.92. The van der Waals surface area contributed by atoms with Crippen molar-refractivity contribution < 1.29 is 13.2 Å². The normalized spacial score (nSPS) is 23.5. The van der Waals surface area contributed by atoms with Crippen LogP contribution in [0, 0.1) is 37.0 Å². The second-order valence-corrected chi connectivity index (χ2v) is 13.6. The van der Waals surface area contributed by atoms with Gasteiger partial charge >= 0.3 is 0 Å². The second-order valence-electron chi connectivity index (χ2n) is 12.0. The van der Waals surface area contributed by atoms with Crippen LogP contribution in [0.15, 0.2) is 41.7 Å². The van der Waals surface area contributed by atoms with E-state index in [2.05, 4.69) is 33.5 Å². The standard InChI is InChI=1S/C29H35N5O3S/c1-17(2)10-20-16-37-24-11-22(26-18(3)6-5-7-19(26)4)32-28(33-24)34-38(35,36)25-15-30-14-23(31-25)27(20)21-12-29(13-21)8-9-29/h5-7,11,14-15,17,20-21,27H,8-10,12-13,16H2,1-4H3,(H,32,33,34)/t20-,27?/m1/s1. The smallest absolute Gasteiger partial charge is 0.283 e. The molecule has 2 fully saturated rings. The van der Waals surface area contributed by atoms with E-state index >= 15 is 0 Å². The van der Waals surface area contributed by atoms with Crippen LogP contribution in [0.4, 0.5) is 5.95 Å². The van der Waals surface area contributed by atoms with Crippen molar-refractivity contribution in [3.05, 3.63) is 53.5 Å². The van der Waals surface area contributed by atoms with Crippen LogP contribution in [0.2, 0.25) is 0 Å². The van der Waals surface area contributed by atoms with E-state index in [1.165, 1.54) is 19.0 Å². The fraction of sp³-hybridized carbons (Fsp3) is 0.517. The summed E-state index contributed by atoms with van der Waals surface area (Å²) in [4.78, 5) is 18.1. The van der Waals surface area contributed by atoms with Gasteiger partial charge in [0.25, 0.3) is 10.0 Å². The first-order chi connectivity index (χ1) is 18.1. The molecule has 3 aliphatic rings. The third kappa shape index (κ3) is 4.77. The first kappa shape index (κ1) is 25.2. The summed E-state index contributed by atoms with van der Waals surface area (Å²) in [5, 5.41) is -0.104. The van der Waals surface area contributed by atoms with E-state index in [1.807, 2.05) is 38.1 Å². The van der Waals surface area contributed by atoms with Crippen molar-refractivity contribution in [3.8, 4) is 17.1 Å². The van der Waals surface area contributed by atoms with E-state index < -0.39 is 10.0 Å². The monoisotopic (exact) mass is 533 g/mol. The summed E-state index contributed by atoms with van der Waals surface area (Å²) in [5.41, 5.74) is 4.89. The molecule has 0 amide bonds. The molecule has 8 nitrogen and oxygen atoms in total. The van der Waals surface area contributed by atoms with Gasteiger partial charge in [-0.2, -0.15) is 13.4 Å². The summed E-state index contributed by atoms with van der Waals surface area (Å²) in [6.07, 6.45) is 8.92. The molecular weight excluding hydrogens is 498 g/mol. The molecule has 1 unspecified atom stereocenters. The van der Waals surface area contributed by atoms with Crippen LogP contribution in [0.5, 0.6) is 5.88 Å². The summed E-state index contributed by atoms with van der Waals surface area (Å²) in [7, 11) is -4.06. The Bertz CT molecular complexity index is 1460. The average molecular weight is 534 g/mol. The fourth-order valence-corrected chi connectivity index (χ4v) is 7.45. The molecule has 3 heterocycles. The minimum atomic E-state index is -4.06. The molecule has 2 saturated carbocycles. The van der Waals surface area contributed by atoms with Crippen LogP contribution in [-0.2, 0) is 10.0 Å². The van der Waals surface area contributed by atoms with Crippen molar-refractivity contribution in [2.45, 2.75) is 70.7 Å². The number of nitrogens with zero attached hydrogens (tertiary/aromatic N) is 4. The number of hydrogen-bond donors (Lipinski definition) is 1. The number of sulfonamides is 1. The zero-order valence-electron chi connectivity index (χ0n) is 22.4. The minimum Gasteiger partial charge on any atom is -0.477 e. The van der Waals surface area contributed by atoms with E-state index in [0.717, 1.165) is 41.6 Å². The van der Waals surface area contributed by atoms with Gasteiger partial charge in [0.15, 0.2) is 5.03 Å². The molecule has 38 heavy (non-hydrogen) atoms. The highest BCUT2D eigenvalue weighted by Crippen LogP contribution is 2.66. The maximum absolute atomic E-state index is 13.5. The lowest BCUT2D eigenvalue weighted by atomic mass is 9.61. The molecule has 2 aromatic heterocycles. The molecule has 9 heteroatoms. The zero-order chi connectivity index (χ0) is 26.7. The summed E-state index contributed by atoms with van der Waals surface area (Å²) < 4.78 is 35.9. The Balaban J connectivity index is 1.47. The lowest BCUT2D eigenvalue weighted by Crippen LogP contribution is -2.37. The quantitative estimate of drug-likeness (QED) is 0.460. The van der Waals surface area contributed by atoms with Gasteiger partial charge in [0.1, 0.15) is 0 Å². The largest absolute Gasteiger partial charge is 0.477 e. The number of rotatable bonds is 4. The Morgan fingerprint density at radius 2 is 1.82 bits per heavy atom. The van der Waals surface area contributed by atoms with Gasteiger partial charge in [0.05, 0.1) is 24.2 Å². The van der Waals surface area contributed by atoms with Gasteiger partial charge < -0.3 is 4.74 Å². The molecule has 0 radical (unpaired) electrons. The Hall–Kier alpha value is -3.07. The average Bonchev–Trinajstić information content (AvgIpc) is 3.63. The van der Waals surface area contributed by atoms with Crippen molar-refractivity contribution in [3.63, 3.8) is 0 Å². The Morgan fingerprint density at radius 1 is 1.08 bits per heavy atom. The SMILES string of the molecule is Cc1cccc(C)c1-c1cc2nc(n1)NS(=O)(=O)c1cncc(n1)C(C1CC3(CC3)C1)[C@H](CC(C)C)CO2. The molecule has 4 bridgehead atoms. The molecule has 2 atom stereocenters. The fourth-order valence-electron chi connectivity index (χ4n) is 6.59. The maximum atomic E-state index is 13.5. The van der Waals surface area contributed by atoms with Crippen LogP contribution in [0.3, 0.4) is 0 Å². The predicted molar refractivity (Wildman–Crippen MR) is 145 cm³/mol. The van der Waals surface area contributed by atoms with Crippen LogP contribution < -0.4 is 9.46 Å².